The molecule has 20 heavy (non-hydrogen) atoms. The molecule has 114 valence electrons. The molecule has 1 N–H and O–H groups in total. The second-order valence-electron chi connectivity index (χ2n) is 7.27. The predicted octanol–water partition coefficient (Wildman–Crippen LogP) is 1.17. The van der Waals surface area contributed by atoms with E-state index in [1.807, 2.05) is 0 Å². The van der Waals surface area contributed by atoms with E-state index < -0.39 is 0 Å². The lowest BCUT2D eigenvalue weighted by molar-refractivity contribution is -0.123. The molecule has 3 rings (SSSR count). The Kier molecular flexibility index (Phi) is 4.32. The molecule has 4 atom stereocenters. The Morgan fingerprint density at radius 1 is 1.20 bits per heavy atom. The fourth-order valence-corrected chi connectivity index (χ4v) is 4.52. The molecule has 0 radical (unpaired) electrons. The van der Waals surface area contributed by atoms with Crippen LogP contribution in [0.4, 0.5) is 0 Å². The average Bonchev–Trinajstić information content (AvgIpc) is 3.03. The summed E-state index contributed by atoms with van der Waals surface area (Å²) in [6.07, 6.45) is 5.60. The SMILES string of the molecule is C[C@@H](NC(=O)CN1CCN(C)CC1)[C@@H]1C[C@@H]2CC[C@@H]1C2. The fourth-order valence-electron chi connectivity index (χ4n) is 4.52. The van der Waals surface area contributed by atoms with E-state index in [1.165, 1.54) is 25.7 Å². The number of carbonyl (C=O) groups excluding carboxylic acids is 1. The summed E-state index contributed by atoms with van der Waals surface area (Å²) in [6.45, 7) is 7.00. The third-order valence-corrected chi connectivity index (χ3v) is 5.79. The van der Waals surface area contributed by atoms with Crippen LogP contribution in [0.3, 0.4) is 0 Å². The van der Waals surface area contributed by atoms with Crippen LogP contribution in [0, 0.1) is 17.8 Å². The predicted molar refractivity (Wildman–Crippen MR) is 80.5 cm³/mol. The van der Waals surface area contributed by atoms with Crippen LogP contribution in [0.2, 0.25) is 0 Å². The number of hydrogen-bond acceptors (Lipinski definition) is 3. The van der Waals surface area contributed by atoms with Gasteiger partial charge >= 0.3 is 0 Å². The van der Waals surface area contributed by atoms with Crippen molar-refractivity contribution in [2.45, 2.75) is 38.6 Å². The first-order valence-electron chi connectivity index (χ1n) is 8.32. The summed E-state index contributed by atoms with van der Waals surface area (Å²) in [5.41, 5.74) is 0. The number of carbonyl (C=O) groups is 1. The van der Waals surface area contributed by atoms with Crippen molar-refractivity contribution in [3.05, 3.63) is 0 Å². The summed E-state index contributed by atoms with van der Waals surface area (Å²) >= 11 is 0. The van der Waals surface area contributed by atoms with Gasteiger partial charge in [-0.2, -0.15) is 0 Å². The first-order chi connectivity index (χ1) is 9.61. The minimum absolute atomic E-state index is 0.227. The Morgan fingerprint density at radius 3 is 2.55 bits per heavy atom. The van der Waals surface area contributed by atoms with Crippen molar-refractivity contribution < 1.29 is 4.79 Å². The summed E-state index contributed by atoms with van der Waals surface area (Å²) in [7, 11) is 2.15. The molecule has 0 aromatic heterocycles. The van der Waals surface area contributed by atoms with Crippen molar-refractivity contribution in [2.75, 3.05) is 39.8 Å². The normalized spacial score (nSPS) is 36.2. The largest absolute Gasteiger partial charge is 0.352 e. The maximum absolute atomic E-state index is 12.2. The van der Waals surface area contributed by atoms with Crippen molar-refractivity contribution in [3.63, 3.8) is 0 Å². The van der Waals surface area contributed by atoms with Crippen molar-refractivity contribution in [2.24, 2.45) is 17.8 Å². The molecule has 0 aromatic carbocycles. The van der Waals surface area contributed by atoms with Crippen LogP contribution in [0.15, 0.2) is 0 Å². The zero-order chi connectivity index (χ0) is 14.1. The van der Waals surface area contributed by atoms with Gasteiger partial charge in [-0.3, -0.25) is 9.69 Å². The molecule has 2 bridgehead atoms. The zero-order valence-corrected chi connectivity index (χ0v) is 13.0. The zero-order valence-electron chi connectivity index (χ0n) is 13.0. The number of amides is 1. The summed E-state index contributed by atoms with van der Waals surface area (Å²) in [5, 5.41) is 3.27. The molecule has 0 unspecified atom stereocenters. The van der Waals surface area contributed by atoms with E-state index in [2.05, 4.69) is 29.1 Å². The number of piperazine rings is 1. The topological polar surface area (TPSA) is 35.6 Å². The Labute approximate surface area is 122 Å². The molecule has 1 amide bonds. The Morgan fingerprint density at radius 2 is 1.95 bits per heavy atom. The molecule has 3 aliphatic rings. The Balaban J connectivity index is 1.42. The molecular formula is C16H29N3O. The lowest BCUT2D eigenvalue weighted by Gasteiger charge is -2.33. The van der Waals surface area contributed by atoms with Crippen LogP contribution in [0.25, 0.3) is 0 Å². The van der Waals surface area contributed by atoms with E-state index in [-0.39, 0.29) is 5.91 Å². The third kappa shape index (κ3) is 3.17. The van der Waals surface area contributed by atoms with Crippen molar-refractivity contribution >= 4 is 5.91 Å². The highest BCUT2D eigenvalue weighted by atomic mass is 16.2. The maximum atomic E-state index is 12.2. The molecule has 1 aliphatic heterocycles. The van der Waals surface area contributed by atoms with Gasteiger partial charge in [0, 0.05) is 32.2 Å². The highest BCUT2D eigenvalue weighted by Crippen LogP contribution is 2.49. The lowest BCUT2D eigenvalue weighted by Crippen LogP contribution is -2.50. The number of nitrogens with zero attached hydrogens (tertiary/aromatic N) is 2. The van der Waals surface area contributed by atoms with Gasteiger partial charge in [-0.25, -0.2) is 0 Å². The minimum Gasteiger partial charge on any atom is -0.352 e. The van der Waals surface area contributed by atoms with Crippen molar-refractivity contribution in [1.82, 2.24) is 15.1 Å². The van der Waals surface area contributed by atoms with E-state index in [0.29, 0.717) is 12.6 Å². The van der Waals surface area contributed by atoms with Gasteiger partial charge in [-0.15, -0.1) is 0 Å². The number of likely N-dealkylation sites (N-methyl/N-ethyl adjacent to an activating group) is 1. The molecule has 2 saturated carbocycles. The smallest absolute Gasteiger partial charge is 0.234 e. The van der Waals surface area contributed by atoms with Crippen LogP contribution < -0.4 is 5.32 Å². The van der Waals surface area contributed by atoms with Gasteiger partial charge in [-0.1, -0.05) is 6.42 Å². The van der Waals surface area contributed by atoms with E-state index in [1.54, 1.807) is 0 Å². The summed E-state index contributed by atoms with van der Waals surface area (Å²) < 4.78 is 0. The van der Waals surface area contributed by atoms with Gasteiger partial charge < -0.3 is 10.2 Å². The fraction of sp³-hybridized carbons (Fsp3) is 0.938. The van der Waals surface area contributed by atoms with Crippen LogP contribution >= 0.6 is 0 Å². The molecule has 1 heterocycles. The van der Waals surface area contributed by atoms with Gasteiger partial charge in [0.2, 0.25) is 5.91 Å². The number of nitrogens with one attached hydrogen (secondary N) is 1. The van der Waals surface area contributed by atoms with E-state index >= 15 is 0 Å². The van der Waals surface area contributed by atoms with Crippen LogP contribution in [-0.2, 0) is 4.79 Å². The highest BCUT2D eigenvalue weighted by molar-refractivity contribution is 5.78. The van der Waals surface area contributed by atoms with Crippen LogP contribution in [0.5, 0.6) is 0 Å². The highest BCUT2D eigenvalue weighted by Gasteiger charge is 2.42. The van der Waals surface area contributed by atoms with Gasteiger partial charge in [0.1, 0.15) is 0 Å². The third-order valence-electron chi connectivity index (χ3n) is 5.79. The molecule has 2 aliphatic carbocycles. The second-order valence-corrected chi connectivity index (χ2v) is 7.27. The molecule has 1 saturated heterocycles. The van der Waals surface area contributed by atoms with E-state index in [0.717, 1.165) is 43.9 Å². The van der Waals surface area contributed by atoms with Crippen LogP contribution in [-0.4, -0.2) is 61.5 Å². The minimum atomic E-state index is 0.227. The van der Waals surface area contributed by atoms with E-state index in [9.17, 15) is 4.79 Å². The standard InChI is InChI=1S/C16H29N3O/c1-12(15-10-13-3-4-14(15)9-13)17-16(20)11-19-7-5-18(2)6-8-19/h12-15H,3-11H2,1-2H3,(H,17,20)/t12-,13-,14-,15+/m1/s1. The van der Waals surface area contributed by atoms with E-state index in [4.69, 9.17) is 0 Å². The van der Waals surface area contributed by atoms with Gasteiger partial charge in [0.05, 0.1) is 6.54 Å². The van der Waals surface area contributed by atoms with Crippen molar-refractivity contribution in [1.29, 1.82) is 0 Å². The first-order valence-corrected chi connectivity index (χ1v) is 8.32. The maximum Gasteiger partial charge on any atom is 0.234 e. The molecule has 4 heteroatoms. The summed E-state index contributed by atoms with van der Waals surface area (Å²) in [5.74, 6) is 2.82. The van der Waals surface area contributed by atoms with Gasteiger partial charge in [0.25, 0.3) is 0 Å². The second kappa shape index (κ2) is 6.02. The van der Waals surface area contributed by atoms with Crippen LogP contribution in [0.1, 0.15) is 32.6 Å². The lowest BCUT2D eigenvalue weighted by atomic mass is 9.84. The van der Waals surface area contributed by atoms with Gasteiger partial charge in [-0.05, 0) is 51.0 Å². The Bertz CT molecular complexity index is 352. The quantitative estimate of drug-likeness (QED) is 0.839. The number of hydrogen-bond donors (Lipinski definition) is 1. The summed E-state index contributed by atoms with van der Waals surface area (Å²) in [6, 6.07) is 0.366. The summed E-state index contributed by atoms with van der Waals surface area (Å²) in [4.78, 5) is 16.8. The molecule has 4 nitrogen and oxygen atoms in total. The molecule has 0 aromatic rings. The Hall–Kier alpha value is -0.610. The van der Waals surface area contributed by atoms with Gasteiger partial charge in [0.15, 0.2) is 0 Å². The monoisotopic (exact) mass is 279 g/mol. The number of rotatable bonds is 4. The average molecular weight is 279 g/mol. The van der Waals surface area contributed by atoms with Crippen molar-refractivity contribution in [3.8, 4) is 0 Å². The number of fused-ring (bicyclic) bond motifs is 2. The molecule has 3 fully saturated rings. The molecule has 0 spiro atoms. The molecular weight excluding hydrogens is 250 g/mol. The first kappa shape index (κ1) is 14.3.